The number of sulfonamides is 1. The molecule has 2 saturated heterocycles. The second kappa shape index (κ2) is 5.57. The van der Waals surface area contributed by atoms with Crippen molar-refractivity contribution in [3.05, 3.63) is 18.0 Å². The van der Waals surface area contributed by atoms with Gasteiger partial charge in [-0.25, -0.2) is 12.7 Å². The highest BCUT2D eigenvalue weighted by Crippen LogP contribution is 2.42. The smallest absolute Gasteiger partial charge is 0.217 e. The zero-order chi connectivity index (χ0) is 16.1. The van der Waals surface area contributed by atoms with Crippen LogP contribution in [-0.4, -0.2) is 58.8 Å². The average Bonchev–Trinajstić information content (AvgIpc) is 3.19. The van der Waals surface area contributed by atoms with Crippen molar-refractivity contribution >= 4 is 10.0 Å². The van der Waals surface area contributed by atoms with Crippen LogP contribution in [0, 0.1) is 5.41 Å². The van der Waals surface area contributed by atoms with Gasteiger partial charge >= 0.3 is 0 Å². The lowest BCUT2D eigenvalue weighted by Crippen LogP contribution is -2.45. The summed E-state index contributed by atoms with van der Waals surface area (Å²) in [5.41, 5.74) is 1.41. The lowest BCUT2D eigenvalue weighted by molar-refractivity contribution is 0.0935. The van der Waals surface area contributed by atoms with Crippen LogP contribution in [0.5, 0.6) is 0 Å². The van der Waals surface area contributed by atoms with Crippen LogP contribution in [0.1, 0.15) is 37.7 Å². The number of aryl methyl sites for hydroxylation is 1. The van der Waals surface area contributed by atoms with Crippen molar-refractivity contribution in [3.8, 4) is 0 Å². The van der Waals surface area contributed by atoms with Crippen LogP contribution < -0.4 is 0 Å². The van der Waals surface area contributed by atoms with Gasteiger partial charge < -0.3 is 0 Å². The van der Waals surface area contributed by atoms with E-state index < -0.39 is 10.0 Å². The molecule has 23 heavy (non-hydrogen) atoms. The zero-order valence-corrected chi connectivity index (χ0v) is 14.6. The van der Waals surface area contributed by atoms with Gasteiger partial charge in [0.05, 0.1) is 11.4 Å². The molecular formula is C16H26N4O2S. The molecule has 3 heterocycles. The first kappa shape index (κ1) is 15.6. The summed E-state index contributed by atoms with van der Waals surface area (Å²) in [6.45, 7) is 4.49. The Bertz CT molecular complexity index is 682. The van der Waals surface area contributed by atoms with E-state index in [2.05, 4.69) is 16.2 Å². The van der Waals surface area contributed by atoms with E-state index in [4.69, 9.17) is 0 Å². The molecule has 7 heteroatoms. The number of likely N-dealkylation sites (tertiary alicyclic amines) is 1. The molecular weight excluding hydrogens is 312 g/mol. The highest BCUT2D eigenvalue weighted by Gasteiger charge is 2.48. The Kier molecular flexibility index (Phi) is 3.77. The van der Waals surface area contributed by atoms with E-state index in [9.17, 15) is 8.42 Å². The van der Waals surface area contributed by atoms with Crippen molar-refractivity contribution in [2.45, 2.75) is 43.9 Å². The van der Waals surface area contributed by atoms with Crippen LogP contribution in [0.15, 0.2) is 12.4 Å². The average molecular weight is 338 g/mol. The molecule has 1 saturated carbocycles. The maximum Gasteiger partial charge on any atom is 0.217 e. The van der Waals surface area contributed by atoms with E-state index in [-0.39, 0.29) is 10.7 Å². The molecule has 2 aliphatic heterocycles. The summed E-state index contributed by atoms with van der Waals surface area (Å²) in [5, 5.41) is 4.17. The summed E-state index contributed by atoms with van der Waals surface area (Å²) in [6, 6.07) is 0. The number of aromatic nitrogens is 2. The molecule has 0 aromatic carbocycles. The number of hydrogen-bond acceptors (Lipinski definition) is 4. The molecule has 3 aliphatic rings. The highest BCUT2D eigenvalue weighted by atomic mass is 32.2. The maximum atomic E-state index is 12.5. The van der Waals surface area contributed by atoms with Gasteiger partial charge in [-0.1, -0.05) is 0 Å². The Hall–Kier alpha value is -0.920. The monoisotopic (exact) mass is 338 g/mol. The van der Waals surface area contributed by atoms with Gasteiger partial charge in [0.25, 0.3) is 0 Å². The Balaban J connectivity index is 1.42. The van der Waals surface area contributed by atoms with Crippen molar-refractivity contribution in [2.24, 2.45) is 12.5 Å². The van der Waals surface area contributed by atoms with Crippen LogP contribution in [0.2, 0.25) is 0 Å². The Morgan fingerprint density at radius 2 is 2.09 bits per heavy atom. The minimum atomic E-state index is -3.01. The maximum absolute atomic E-state index is 12.5. The van der Waals surface area contributed by atoms with E-state index in [1.807, 2.05) is 17.9 Å². The number of hydrogen-bond donors (Lipinski definition) is 0. The van der Waals surface area contributed by atoms with Gasteiger partial charge in [0.15, 0.2) is 0 Å². The summed E-state index contributed by atoms with van der Waals surface area (Å²) >= 11 is 0. The highest BCUT2D eigenvalue weighted by molar-refractivity contribution is 7.90. The fraction of sp³-hybridized carbons (Fsp3) is 0.812. The van der Waals surface area contributed by atoms with Gasteiger partial charge in [0.2, 0.25) is 10.0 Å². The molecule has 0 N–H and O–H groups in total. The largest absolute Gasteiger partial charge is 0.298 e. The van der Waals surface area contributed by atoms with E-state index in [0.29, 0.717) is 0 Å². The number of piperidine rings is 1. The molecule has 0 amide bonds. The molecule has 1 spiro atoms. The second-order valence-electron chi connectivity index (χ2n) is 7.66. The Morgan fingerprint density at radius 3 is 2.78 bits per heavy atom. The van der Waals surface area contributed by atoms with Crippen molar-refractivity contribution in [1.82, 2.24) is 19.0 Å². The van der Waals surface area contributed by atoms with Crippen LogP contribution in [0.25, 0.3) is 0 Å². The molecule has 1 aromatic heterocycles. The number of rotatable bonds is 4. The zero-order valence-electron chi connectivity index (χ0n) is 13.8. The molecule has 3 fully saturated rings. The van der Waals surface area contributed by atoms with Crippen molar-refractivity contribution in [2.75, 3.05) is 26.2 Å². The summed E-state index contributed by atoms with van der Waals surface area (Å²) in [4.78, 5) is 2.48. The Labute approximate surface area is 138 Å². The van der Waals surface area contributed by atoms with Gasteiger partial charge in [0.1, 0.15) is 0 Å². The Morgan fingerprint density at radius 1 is 1.26 bits per heavy atom. The third-order valence-corrected chi connectivity index (χ3v) is 7.96. The quantitative estimate of drug-likeness (QED) is 0.828. The standard InChI is InChI=1S/C16H26N4O2S/c1-18-10-14(9-17-18)11-19-7-2-5-16(12-19)6-8-20(13-16)23(21,22)15-3-4-15/h9-10,15H,2-8,11-13H2,1H3/t16-/m0/s1. The van der Waals surface area contributed by atoms with Crippen molar-refractivity contribution in [3.63, 3.8) is 0 Å². The molecule has 128 valence electrons. The summed E-state index contributed by atoms with van der Waals surface area (Å²) in [7, 11) is -1.07. The van der Waals surface area contributed by atoms with Gasteiger partial charge in [-0.15, -0.1) is 0 Å². The minimum Gasteiger partial charge on any atom is -0.298 e. The van der Waals surface area contributed by atoms with E-state index in [0.717, 1.165) is 64.8 Å². The predicted molar refractivity (Wildman–Crippen MR) is 88.3 cm³/mol. The van der Waals surface area contributed by atoms with Crippen LogP contribution in [-0.2, 0) is 23.6 Å². The summed E-state index contributed by atoms with van der Waals surface area (Å²) in [5.74, 6) is 0. The second-order valence-corrected chi connectivity index (χ2v) is 9.88. The molecule has 1 aromatic rings. The van der Waals surface area contributed by atoms with E-state index in [1.165, 1.54) is 5.56 Å². The first-order valence-corrected chi connectivity index (χ1v) is 10.2. The van der Waals surface area contributed by atoms with Gasteiger partial charge in [0, 0.05) is 45.0 Å². The van der Waals surface area contributed by atoms with Crippen molar-refractivity contribution < 1.29 is 8.42 Å². The topological polar surface area (TPSA) is 58.4 Å². The third kappa shape index (κ3) is 3.06. The molecule has 0 unspecified atom stereocenters. The van der Waals surface area contributed by atoms with Gasteiger partial charge in [-0.3, -0.25) is 9.58 Å². The van der Waals surface area contributed by atoms with Gasteiger partial charge in [-0.2, -0.15) is 5.10 Å². The van der Waals surface area contributed by atoms with Gasteiger partial charge in [-0.05, 0) is 44.1 Å². The summed E-state index contributed by atoms with van der Waals surface area (Å²) in [6.07, 6.45) is 9.06. The SMILES string of the molecule is Cn1cc(CN2CCC[C@]3(CCN(S(=O)(=O)C4CC4)C3)C2)cn1. The lowest BCUT2D eigenvalue weighted by atomic mass is 9.79. The molecule has 4 rings (SSSR count). The minimum absolute atomic E-state index is 0.0762. The molecule has 0 bridgehead atoms. The lowest BCUT2D eigenvalue weighted by Gasteiger charge is -2.40. The first-order chi connectivity index (χ1) is 11.0. The predicted octanol–water partition coefficient (Wildman–Crippen LogP) is 1.20. The molecule has 1 aliphatic carbocycles. The summed E-state index contributed by atoms with van der Waals surface area (Å²) < 4.78 is 28.6. The van der Waals surface area contributed by atoms with Crippen molar-refractivity contribution in [1.29, 1.82) is 0 Å². The molecule has 6 nitrogen and oxygen atoms in total. The van der Waals surface area contributed by atoms with E-state index >= 15 is 0 Å². The fourth-order valence-electron chi connectivity index (χ4n) is 4.28. The van der Waals surface area contributed by atoms with Crippen LogP contribution in [0.4, 0.5) is 0 Å². The number of nitrogens with zero attached hydrogens (tertiary/aromatic N) is 4. The first-order valence-electron chi connectivity index (χ1n) is 8.66. The van der Waals surface area contributed by atoms with Crippen LogP contribution >= 0.6 is 0 Å². The van der Waals surface area contributed by atoms with E-state index in [1.54, 1.807) is 4.31 Å². The molecule has 1 atom stereocenters. The normalized spacial score (nSPS) is 30.3. The third-order valence-electron chi connectivity index (χ3n) is 5.61. The molecule has 0 radical (unpaired) electrons. The fourth-order valence-corrected chi connectivity index (χ4v) is 6.23. The van der Waals surface area contributed by atoms with Crippen LogP contribution in [0.3, 0.4) is 0 Å².